The third-order valence-corrected chi connectivity index (χ3v) is 3.44. The van der Waals surface area contributed by atoms with Crippen LogP contribution in [0.3, 0.4) is 0 Å². The topological polar surface area (TPSA) is 34.1 Å². The van der Waals surface area contributed by atoms with E-state index in [1.165, 1.54) is 16.7 Å². The number of pyridine rings is 1. The average molecular weight is 270 g/mol. The van der Waals surface area contributed by atoms with Crippen molar-refractivity contribution in [3.05, 3.63) is 59.4 Å². The lowest BCUT2D eigenvalue weighted by atomic mass is 10.0. The zero-order valence-corrected chi connectivity index (χ0v) is 12.4. The number of aryl methyl sites for hydroxylation is 1. The average Bonchev–Trinajstić information content (AvgIpc) is 2.49. The first-order valence-corrected chi connectivity index (χ1v) is 7.00. The summed E-state index contributed by atoms with van der Waals surface area (Å²) >= 11 is 0. The minimum absolute atomic E-state index is 0.281. The molecule has 0 saturated carbocycles. The summed E-state index contributed by atoms with van der Waals surface area (Å²) in [6.45, 7) is 4.91. The van der Waals surface area contributed by atoms with Crippen LogP contribution in [-0.4, -0.2) is 18.6 Å². The van der Waals surface area contributed by atoms with Crippen LogP contribution < -0.4 is 10.1 Å². The Morgan fingerprint density at radius 3 is 2.85 bits per heavy atom. The van der Waals surface area contributed by atoms with Crippen molar-refractivity contribution in [3.8, 4) is 5.75 Å². The van der Waals surface area contributed by atoms with Gasteiger partial charge in [-0.05, 0) is 38.6 Å². The Morgan fingerprint density at radius 1 is 1.30 bits per heavy atom. The summed E-state index contributed by atoms with van der Waals surface area (Å²) in [4.78, 5) is 4.12. The number of aromatic nitrogens is 1. The number of nitrogens with zero attached hydrogens (tertiary/aromatic N) is 1. The molecule has 3 nitrogen and oxygen atoms in total. The van der Waals surface area contributed by atoms with Crippen molar-refractivity contribution in [2.75, 3.05) is 13.7 Å². The van der Waals surface area contributed by atoms with Gasteiger partial charge in [-0.25, -0.2) is 0 Å². The van der Waals surface area contributed by atoms with Gasteiger partial charge in [0, 0.05) is 30.4 Å². The Kier molecular flexibility index (Phi) is 5.13. The minimum Gasteiger partial charge on any atom is -0.493 e. The van der Waals surface area contributed by atoms with Crippen molar-refractivity contribution < 1.29 is 4.74 Å². The van der Waals surface area contributed by atoms with Gasteiger partial charge in [0.25, 0.3) is 0 Å². The number of benzene rings is 1. The maximum absolute atomic E-state index is 5.95. The van der Waals surface area contributed by atoms with Gasteiger partial charge in [0.15, 0.2) is 0 Å². The van der Waals surface area contributed by atoms with Gasteiger partial charge in [0.05, 0.1) is 6.61 Å². The molecule has 0 aliphatic carbocycles. The molecule has 1 N–H and O–H groups in total. The van der Waals surface area contributed by atoms with E-state index in [1.54, 1.807) is 6.20 Å². The maximum atomic E-state index is 5.95. The summed E-state index contributed by atoms with van der Waals surface area (Å²) in [6, 6.07) is 10.6. The third-order valence-electron chi connectivity index (χ3n) is 3.44. The highest BCUT2D eigenvalue weighted by Gasteiger charge is 2.10. The van der Waals surface area contributed by atoms with Crippen LogP contribution in [0.15, 0.2) is 42.7 Å². The molecular formula is C17H22N2O. The highest BCUT2D eigenvalue weighted by Crippen LogP contribution is 2.26. The standard InChI is InChI=1S/C17H22N2O/c1-13-6-7-17(16(11-13)14(2)18-3)20-10-8-15-5-4-9-19-12-15/h4-7,9,11-12,14,18H,8,10H2,1-3H3. The van der Waals surface area contributed by atoms with Crippen LogP contribution >= 0.6 is 0 Å². The lowest BCUT2D eigenvalue weighted by molar-refractivity contribution is 0.315. The molecule has 106 valence electrons. The van der Waals surface area contributed by atoms with Crippen LogP contribution in [0.2, 0.25) is 0 Å². The van der Waals surface area contributed by atoms with E-state index >= 15 is 0 Å². The SMILES string of the molecule is CNC(C)c1cc(C)ccc1OCCc1cccnc1. The summed E-state index contributed by atoms with van der Waals surface area (Å²) in [5.74, 6) is 0.960. The molecule has 0 bridgehead atoms. The monoisotopic (exact) mass is 270 g/mol. The first kappa shape index (κ1) is 14.5. The Hall–Kier alpha value is -1.87. The maximum Gasteiger partial charge on any atom is 0.124 e. The summed E-state index contributed by atoms with van der Waals surface area (Å²) in [6.07, 6.45) is 4.54. The molecule has 2 aromatic rings. The molecule has 1 heterocycles. The van der Waals surface area contributed by atoms with E-state index in [-0.39, 0.29) is 6.04 Å². The van der Waals surface area contributed by atoms with Crippen molar-refractivity contribution >= 4 is 0 Å². The Bertz CT molecular complexity index is 540. The Morgan fingerprint density at radius 2 is 2.15 bits per heavy atom. The predicted octanol–water partition coefficient (Wildman–Crippen LogP) is 3.29. The van der Waals surface area contributed by atoms with E-state index in [0.29, 0.717) is 6.61 Å². The molecule has 0 aliphatic rings. The largest absolute Gasteiger partial charge is 0.493 e. The molecule has 0 aliphatic heterocycles. The highest BCUT2D eigenvalue weighted by molar-refractivity contribution is 5.39. The van der Waals surface area contributed by atoms with Gasteiger partial charge >= 0.3 is 0 Å². The second kappa shape index (κ2) is 7.06. The second-order valence-electron chi connectivity index (χ2n) is 5.01. The fourth-order valence-electron chi connectivity index (χ4n) is 2.12. The molecule has 1 aromatic carbocycles. The van der Waals surface area contributed by atoms with Gasteiger partial charge < -0.3 is 10.1 Å². The molecule has 0 spiro atoms. The van der Waals surface area contributed by atoms with E-state index in [1.807, 2.05) is 19.3 Å². The van der Waals surface area contributed by atoms with E-state index in [9.17, 15) is 0 Å². The molecule has 1 atom stereocenters. The number of hydrogen-bond donors (Lipinski definition) is 1. The van der Waals surface area contributed by atoms with Gasteiger partial charge in [-0.1, -0.05) is 23.8 Å². The third kappa shape index (κ3) is 3.81. The molecule has 1 unspecified atom stereocenters. The lowest BCUT2D eigenvalue weighted by Gasteiger charge is -2.17. The first-order valence-electron chi connectivity index (χ1n) is 7.00. The van der Waals surface area contributed by atoms with Gasteiger partial charge in [-0.15, -0.1) is 0 Å². The number of nitrogens with one attached hydrogen (secondary N) is 1. The molecule has 0 radical (unpaired) electrons. The van der Waals surface area contributed by atoms with Crippen molar-refractivity contribution in [1.82, 2.24) is 10.3 Å². The van der Waals surface area contributed by atoms with E-state index < -0.39 is 0 Å². The molecular weight excluding hydrogens is 248 g/mol. The normalized spacial score (nSPS) is 12.2. The number of rotatable bonds is 6. The highest BCUT2D eigenvalue weighted by atomic mass is 16.5. The summed E-state index contributed by atoms with van der Waals surface area (Å²) in [5, 5.41) is 3.27. The fourth-order valence-corrected chi connectivity index (χ4v) is 2.12. The minimum atomic E-state index is 0.281. The van der Waals surface area contributed by atoms with E-state index in [2.05, 4.69) is 48.4 Å². The zero-order valence-electron chi connectivity index (χ0n) is 12.4. The van der Waals surface area contributed by atoms with Crippen LogP contribution in [-0.2, 0) is 6.42 Å². The summed E-state index contributed by atoms with van der Waals surface area (Å²) in [7, 11) is 1.96. The molecule has 2 rings (SSSR count). The molecule has 0 saturated heterocycles. The van der Waals surface area contributed by atoms with Crippen LogP contribution in [0.25, 0.3) is 0 Å². The van der Waals surface area contributed by atoms with Crippen LogP contribution in [0.1, 0.15) is 29.7 Å². The van der Waals surface area contributed by atoms with Gasteiger partial charge in [-0.3, -0.25) is 4.98 Å². The predicted molar refractivity (Wildman–Crippen MR) is 82.1 cm³/mol. The lowest BCUT2D eigenvalue weighted by Crippen LogP contribution is -2.14. The quantitative estimate of drug-likeness (QED) is 0.874. The van der Waals surface area contributed by atoms with Crippen molar-refractivity contribution in [3.63, 3.8) is 0 Å². The number of hydrogen-bond acceptors (Lipinski definition) is 3. The van der Waals surface area contributed by atoms with E-state index in [0.717, 1.165) is 12.2 Å². The first-order chi connectivity index (χ1) is 9.70. The second-order valence-corrected chi connectivity index (χ2v) is 5.01. The van der Waals surface area contributed by atoms with Crippen molar-refractivity contribution in [1.29, 1.82) is 0 Å². The molecule has 20 heavy (non-hydrogen) atoms. The van der Waals surface area contributed by atoms with Crippen molar-refractivity contribution in [2.24, 2.45) is 0 Å². The molecule has 1 aromatic heterocycles. The van der Waals surface area contributed by atoms with Gasteiger partial charge in [-0.2, -0.15) is 0 Å². The van der Waals surface area contributed by atoms with Crippen LogP contribution in [0.5, 0.6) is 5.75 Å². The number of ether oxygens (including phenoxy) is 1. The fraction of sp³-hybridized carbons (Fsp3) is 0.353. The van der Waals surface area contributed by atoms with Crippen LogP contribution in [0, 0.1) is 6.92 Å². The van der Waals surface area contributed by atoms with Crippen LogP contribution in [0.4, 0.5) is 0 Å². The Balaban J connectivity index is 2.02. The van der Waals surface area contributed by atoms with Crippen molar-refractivity contribution in [2.45, 2.75) is 26.3 Å². The molecule has 3 heteroatoms. The van der Waals surface area contributed by atoms with Gasteiger partial charge in [0.2, 0.25) is 0 Å². The molecule has 0 fully saturated rings. The molecule has 0 amide bonds. The van der Waals surface area contributed by atoms with Gasteiger partial charge in [0.1, 0.15) is 5.75 Å². The Labute approximate surface area is 121 Å². The zero-order chi connectivity index (χ0) is 14.4. The van der Waals surface area contributed by atoms with E-state index in [4.69, 9.17) is 4.74 Å². The smallest absolute Gasteiger partial charge is 0.124 e. The summed E-state index contributed by atoms with van der Waals surface area (Å²) in [5.41, 5.74) is 3.66. The summed E-state index contributed by atoms with van der Waals surface area (Å²) < 4.78 is 5.95.